The number of nitrogens with two attached hydrogens (primary N) is 1. The molecule has 0 radical (unpaired) electrons. The second kappa shape index (κ2) is 7.69. The van der Waals surface area contributed by atoms with Gasteiger partial charge in [-0.25, -0.2) is 4.90 Å². The molecule has 0 aromatic heterocycles. The maximum atomic E-state index is 10.8. The molecule has 0 saturated carbocycles. The maximum Gasteiger partial charge on any atom is 0.321 e. The average molecular weight is 206 g/mol. The molecule has 0 aliphatic carbocycles. The van der Waals surface area contributed by atoms with Gasteiger partial charge in [-0.2, -0.15) is 0 Å². The molecule has 1 atom stereocenters. The number of aliphatic hydroxyl groups is 2. The normalized spacial score (nSPS) is 13.1. The van der Waals surface area contributed by atoms with E-state index >= 15 is 0 Å². The van der Waals surface area contributed by atoms with E-state index in [2.05, 4.69) is 0 Å². The Morgan fingerprint density at radius 3 is 2.21 bits per heavy atom. The highest BCUT2D eigenvalue weighted by molar-refractivity contribution is 5.73. The third-order valence-corrected chi connectivity index (χ3v) is 2.02. The summed E-state index contributed by atoms with van der Waals surface area (Å²) in [7, 11) is 0. The number of carboxylic acid groups (broad SMARTS) is 1. The van der Waals surface area contributed by atoms with Gasteiger partial charge in [0.05, 0.1) is 13.5 Å². The topological polar surface area (TPSA) is 107 Å². The van der Waals surface area contributed by atoms with Crippen LogP contribution in [-0.2, 0) is 4.79 Å². The summed E-state index contributed by atoms with van der Waals surface area (Å²) in [6.45, 7) is -0.406. The fraction of sp³-hybridized carbons (Fsp3) is 0.875. The monoisotopic (exact) mass is 206 g/mol. The van der Waals surface area contributed by atoms with E-state index in [1.165, 1.54) is 0 Å². The molecule has 1 unspecified atom stereocenters. The number of nitrogens with zero attached hydrogens (tertiary/aromatic N) is 1. The third kappa shape index (κ3) is 4.52. The van der Waals surface area contributed by atoms with Crippen molar-refractivity contribution in [3.63, 3.8) is 0 Å². The summed E-state index contributed by atoms with van der Waals surface area (Å²) >= 11 is 0. The highest BCUT2D eigenvalue weighted by atomic mass is 16.4. The molecule has 0 aromatic rings. The average Bonchev–Trinajstić information content (AvgIpc) is 2.17. The Labute approximate surface area is 82.9 Å². The van der Waals surface area contributed by atoms with E-state index in [-0.39, 0.29) is 0 Å². The third-order valence-electron chi connectivity index (χ3n) is 2.02. The van der Waals surface area contributed by atoms with Gasteiger partial charge in [0.15, 0.2) is 0 Å². The van der Waals surface area contributed by atoms with Crippen molar-refractivity contribution in [2.24, 2.45) is 5.73 Å². The number of carbonyl (C=O) groups is 1. The lowest BCUT2D eigenvalue weighted by Gasteiger charge is -2.24. The SMILES string of the molecule is NCCCCC(C(=O)O)N(CO)CO. The molecule has 6 nitrogen and oxygen atoms in total. The van der Waals surface area contributed by atoms with E-state index in [4.69, 9.17) is 21.1 Å². The van der Waals surface area contributed by atoms with Crippen LogP contribution in [-0.4, -0.2) is 52.2 Å². The van der Waals surface area contributed by atoms with Crippen LogP contribution in [0, 0.1) is 0 Å². The quantitative estimate of drug-likeness (QED) is 0.292. The van der Waals surface area contributed by atoms with Gasteiger partial charge in [0.2, 0.25) is 0 Å². The van der Waals surface area contributed by atoms with Gasteiger partial charge >= 0.3 is 5.97 Å². The molecule has 0 heterocycles. The molecule has 6 heteroatoms. The largest absolute Gasteiger partial charge is 0.480 e. The van der Waals surface area contributed by atoms with E-state index in [0.29, 0.717) is 19.4 Å². The summed E-state index contributed by atoms with van der Waals surface area (Å²) in [6, 6.07) is -0.837. The summed E-state index contributed by atoms with van der Waals surface area (Å²) in [4.78, 5) is 11.8. The molecular formula is C8H18N2O4. The Kier molecular flexibility index (Phi) is 7.31. The number of carboxylic acids is 1. The van der Waals surface area contributed by atoms with E-state index in [9.17, 15) is 4.79 Å². The first-order valence-electron chi connectivity index (χ1n) is 4.56. The van der Waals surface area contributed by atoms with Crippen molar-refractivity contribution in [2.45, 2.75) is 25.3 Å². The molecule has 84 valence electrons. The van der Waals surface area contributed by atoms with Crippen LogP contribution in [0.2, 0.25) is 0 Å². The van der Waals surface area contributed by atoms with Crippen LogP contribution in [0.15, 0.2) is 0 Å². The van der Waals surface area contributed by atoms with Crippen LogP contribution in [0.25, 0.3) is 0 Å². The molecule has 0 saturated heterocycles. The van der Waals surface area contributed by atoms with Gasteiger partial charge in [-0.3, -0.25) is 4.79 Å². The van der Waals surface area contributed by atoms with Crippen molar-refractivity contribution < 1.29 is 20.1 Å². The first-order chi connectivity index (χ1) is 6.67. The van der Waals surface area contributed by atoms with Gasteiger partial charge in [-0.1, -0.05) is 6.42 Å². The van der Waals surface area contributed by atoms with Crippen LogP contribution in [0.4, 0.5) is 0 Å². The fourth-order valence-electron chi connectivity index (χ4n) is 1.19. The zero-order valence-electron chi connectivity index (χ0n) is 8.09. The van der Waals surface area contributed by atoms with Crippen LogP contribution in [0.5, 0.6) is 0 Å². The second-order valence-electron chi connectivity index (χ2n) is 3.01. The zero-order valence-corrected chi connectivity index (χ0v) is 8.09. The molecule has 0 fully saturated rings. The minimum absolute atomic E-state index is 0.383. The molecular weight excluding hydrogens is 188 g/mol. The standard InChI is InChI=1S/C8H18N2O4/c9-4-2-1-3-7(8(13)14)10(5-11)6-12/h7,11-12H,1-6,9H2,(H,13,14). The maximum absolute atomic E-state index is 10.8. The van der Waals surface area contributed by atoms with Crippen LogP contribution >= 0.6 is 0 Å². The molecule has 0 aliphatic heterocycles. The highest BCUT2D eigenvalue weighted by Crippen LogP contribution is 2.07. The van der Waals surface area contributed by atoms with Gasteiger partial charge in [-0.05, 0) is 19.4 Å². The smallest absolute Gasteiger partial charge is 0.321 e. The summed E-state index contributed by atoms with van der Waals surface area (Å²) in [6.07, 6.45) is 1.80. The Morgan fingerprint density at radius 2 is 1.86 bits per heavy atom. The van der Waals surface area contributed by atoms with Crippen molar-refractivity contribution in [1.29, 1.82) is 0 Å². The lowest BCUT2D eigenvalue weighted by molar-refractivity contribution is -0.148. The molecule has 0 rings (SSSR count). The lowest BCUT2D eigenvalue weighted by Crippen LogP contribution is -2.42. The number of unbranched alkanes of at least 4 members (excludes halogenated alkanes) is 1. The Bertz CT molecular complexity index is 161. The predicted molar refractivity (Wildman–Crippen MR) is 50.3 cm³/mol. The molecule has 0 aromatic carbocycles. The summed E-state index contributed by atoms with van der Waals surface area (Å²) in [5.74, 6) is -1.04. The first-order valence-corrected chi connectivity index (χ1v) is 4.56. The van der Waals surface area contributed by atoms with E-state index in [1.807, 2.05) is 0 Å². The minimum atomic E-state index is -1.04. The number of hydrogen-bond acceptors (Lipinski definition) is 5. The van der Waals surface area contributed by atoms with Gasteiger partial charge in [0.25, 0.3) is 0 Å². The molecule has 14 heavy (non-hydrogen) atoms. The van der Waals surface area contributed by atoms with Crippen LogP contribution in [0.1, 0.15) is 19.3 Å². The lowest BCUT2D eigenvalue weighted by atomic mass is 10.1. The Hall–Kier alpha value is -0.690. The highest BCUT2D eigenvalue weighted by Gasteiger charge is 2.23. The molecule has 0 bridgehead atoms. The van der Waals surface area contributed by atoms with Gasteiger partial charge in [0, 0.05) is 0 Å². The Morgan fingerprint density at radius 1 is 1.29 bits per heavy atom. The second-order valence-corrected chi connectivity index (χ2v) is 3.01. The number of aliphatic carboxylic acids is 1. The molecule has 0 amide bonds. The fourth-order valence-corrected chi connectivity index (χ4v) is 1.19. The van der Waals surface area contributed by atoms with Gasteiger partial charge < -0.3 is 21.1 Å². The van der Waals surface area contributed by atoms with Crippen molar-refractivity contribution in [3.05, 3.63) is 0 Å². The summed E-state index contributed by atoms with van der Waals surface area (Å²) in [5.41, 5.74) is 5.27. The van der Waals surface area contributed by atoms with Gasteiger partial charge in [0.1, 0.15) is 6.04 Å². The number of rotatable bonds is 8. The van der Waals surface area contributed by atoms with Crippen molar-refractivity contribution in [1.82, 2.24) is 4.90 Å². The van der Waals surface area contributed by atoms with E-state index < -0.39 is 25.5 Å². The first kappa shape index (κ1) is 13.3. The Balaban J connectivity index is 4.06. The van der Waals surface area contributed by atoms with Crippen LogP contribution in [0.3, 0.4) is 0 Å². The zero-order chi connectivity index (χ0) is 11.0. The van der Waals surface area contributed by atoms with Crippen molar-refractivity contribution in [3.8, 4) is 0 Å². The van der Waals surface area contributed by atoms with E-state index in [1.54, 1.807) is 0 Å². The molecule has 5 N–H and O–H groups in total. The van der Waals surface area contributed by atoms with Gasteiger partial charge in [-0.15, -0.1) is 0 Å². The van der Waals surface area contributed by atoms with Crippen LogP contribution < -0.4 is 5.73 Å². The minimum Gasteiger partial charge on any atom is -0.480 e. The number of hydrogen-bond donors (Lipinski definition) is 4. The molecule has 0 spiro atoms. The summed E-state index contributed by atoms with van der Waals surface area (Å²) in [5, 5.41) is 26.4. The van der Waals surface area contributed by atoms with E-state index in [0.717, 1.165) is 11.3 Å². The number of aliphatic hydroxyl groups excluding tert-OH is 2. The van der Waals surface area contributed by atoms with Crippen molar-refractivity contribution in [2.75, 3.05) is 20.0 Å². The van der Waals surface area contributed by atoms with Crippen molar-refractivity contribution >= 4 is 5.97 Å². The predicted octanol–water partition coefficient (Wildman–Crippen LogP) is -1.23. The molecule has 0 aliphatic rings. The summed E-state index contributed by atoms with van der Waals surface area (Å²) < 4.78 is 0.